The van der Waals surface area contributed by atoms with E-state index < -0.39 is 7.06 Å². The van der Waals surface area contributed by atoms with Crippen molar-refractivity contribution in [3.63, 3.8) is 0 Å². The maximum absolute atomic E-state index is 9.97. The van der Waals surface area contributed by atoms with Crippen molar-refractivity contribution in [2.75, 3.05) is 18.5 Å². The first-order chi connectivity index (χ1) is 4.96. The van der Waals surface area contributed by atoms with E-state index in [2.05, 4.69) is 0 Å². The van der Waals surface area contributed by atoms with E-state index in [0.29, 0.717) is 18.5 Å². The molecule has 0 rings (SSSR count). The molecule has 0 bridgehead atoms. The SMILES string of the molecule is CCCP(O)(O)(CC)CCC. The van der Waals surface area contributed by atoms with Crippen LogP contribution in [0.25, 0.3) is 0 Å². The molecule has 3 heteroatoms. The van der Waals surface area contributed by atoms with Crippen LogP contribution in [0, 0.1) is 0 Å². The fraction of sp³-hybridized carbons (Fsp3) is 1.00. The zero-order valence-corrected chi connectivity index (χ0v) is 8.77. The van der Waals surface area contributed by atoms with E-state index in [4.69, 9.17) is 0 Å². The van der Waals surface area contributed by atoms with Gasteiger partial charge in [0.1, 0.15) is 0 Å². The van der Waals surface area contributed by atoms with Gasteiger partial charge < -0.3 is 0 Å². The summed E-state index contributed by atoms with van der Waals surface area (Å²) < 4.78 is 0. The van der Waals surface area contributed by atoms with Crippen LogP contribution in [0.4, 0.5) is 0 Å². The molecule has 70 valence electrons. The Labute approximate surface area is 69.7 Å². The van der Waals surface area contributed by atoms with Crippen LogP contribution in [0.5, 0.6) is 0 Å². The number of hydrogen-bond donors (Lipinski definition) is 2. The summed E-state index contributed by atoms with van der Waals surface area (Å²) in [6.45, 7) is 5.88. The van der Waals surface area contributed by atoms with Gasteiger partial charge in [-0.3, -0.25) is 0 Å². The minimum absolute atomic E-state index is 0.549. The van der Waals surface area contributed by atoms with Crippen molar-refractivity contribution in [1.29, 1.82) is 0 Å². The standard InChI is InChI=1S/C8H21O2P/c1-4-7-11(9,10,6-3)8-5-2/h9-10H,4-8H2,1-3H3. The Bertz CT molecular complexity index is 113. The fourth-order valence-corrected chi connectivity index (χ4v) is 4.38. The van der Waals surface area contributed by atoms with E-state index >= 15 is 0 Å². The second-order valence-electron chi connectivity index (χ2n) is 3.37. The monoisotopic (exact) mass is 180 g/mol. The third kappa shape index (κ3) is 3.50. The minimum atomic E-state index is -3.19. The first kappa shape index (κ1) is 11.4. The molecule has 0 radical (unpaired) electrons. The predicted octanol–water partition coefficient (Wildman–Crippen LogP) is 2.19. The summed E-state index contributed by atoms with van der Waals surface area (Å²) in [7, 11) is -3.19. The van der Waals surface area contributed by atoms with Crippen molar-refractivity contribution >= 4 is 7.06 Å². The predicted molar refractivity (Wildman–Crippen MR) is 52.2 cm³/mol. The van der Waals surface area contributed by atoms with Crippen molar-refractivity contribution in [1.82, 2.24) is 0 Å². The van der Waals surface area contributed by atoms with Crippen LogP contribution < -0.4 is 0 Å². The average Bonchev–Trinajstić information content (AvgIpc) is 1.89. The van der Waals surface area contributed by atoms with Gasteiger partial charge in [0.25, 0.3) is 0 Å². The van der Waals surface area contributed by atoms with Gasteiger partial charge in [-0.15, -0.1) is 0 Å². The van der Waals surface area contributed by atoms with Gasteiger partial charge in [0.05, 0.1) is 0 Å². The van der Waals surface area contributed by atoms with Gasteiger partial charge >= 0.3 is 68.9 Å². The number of hydrogen-bond acceptors (Lipinski definition) is 2. The average molecular weight is 180 g/mol. The van der Waals surface area contributed by atoms with Crippen molar-refractivity contribution in [3.05, 3.63) is 0 Å². The topological polar surface area (TPSA) is 40.5 Å². The molecule has 0 aromatic carbocycles. The Morgan fingerprint density at radius 2 is 1.27 bits per heavy atom. The summed E-state index contributed by atoms with van der Waals surface area (Å²) >= 11 is 0. The first-order valence-corrected chi connectivity index (χ1v) is 7.17. The fourth-order valence-electron chi connectivity index (χ4n) is 1.46. The summed E-state index contributed by atoms with van der Waals surface area (Å²) in [5, 5.41) is 0. The van der Waals surface area contributed by atoms with Crippen molar-refractivity contribution in [2.45, 2.75) is 33.6 Å². The Morgan fingerprint density at radius 3 is 1.45 bits per heavy atom. The van der Waals surface area contributed by atoms with E-state index in [1.165, 1.54) is 0 Å². The van der Waals surface area contributed by atoms with E-state index in [1.807, 2.05) is 20.8 Å². The quantitative estimate of drug-likeness (QED) is 0.637. The summed E-state index contributed by atoms with van der Waals surface area (Å²) in [5.41, 5.74) is 0. The van der Waals surface area contributed by atoms with Crippen molar-refractivity contribution in [2.24, 2.45) is 0 Å². The van der Waals surface area contributed by atoms with Crippen LogP contribution in [-0.2, 0) is 0 Å². The van der Waals surface area contributed by atoms with Crippen molar-refractivity contribution < 1.29 is 9.79 Å². The number of rotatable bonds is 5. The molecule has 11 heavy (non-hydrogen) atoms. The van der Waals surface area contributed by atoms with Gasteiger partial charge in [0.2, 0.25) is 0 Å². The van der Waals surface area contributed by atoms with Gasteiger partial charge in [0.15, 0.2) is 0 Å². The summed E-state index contributed by atoms with van der Waals surface area (Å²) in [5.74, 6) is 0. The Hall–Kier alpha value is 0.350. The summed E-state index contributed by atoms with van der Waals surface area (Å²) in [6, 6.07) is 0. The Balaban J connectivity index is 4.23. The molecule has 0 heterocycles. The molecule has 0 saturated heterocycles. The molecule has 0 spiro atoms. The second kappa shape index (κ2) is 3.84. The molecule has 0 aromatic rings. The van der Waals surface area contributed by atoms with Crippen LogP contribution in [-0.4, -0.2) is 28.3 Å². The van der Waals surface area contributed by atoms with Gasteiger partial charge in [-0.25, -0.2) is 0 Å². The molecule has 0 aliphatic heterocycles. The van der Waals surface area contributed by atoms with Crippen LogP contribution in [0.1, 0.15) is 33.6 Å². The molecular weight excluding hydrogens is 159 g/mol. The van der Waals surface area contributed by atoms with E-state index in [1.54, 1.807) is 0 Å². The van der Waals surface area contributed by atoms with Gasteiger partial charge in [-0.1, -0.05) is 0 Å². The van der Waals surface area contributed by atoms with Gasteiger partial charge in [0, 0.05) is 0 Å². The molecule has 0 saturated carbocycles. The molecule has 0 aliphatic carbocycles. The second-order valence-corrected chi connectivity index (χ2v) is 8.12. The van der Waals surface area contributed by atoms with Crippen LogP contribution in [0.2, 0.25) is 0 Å². The van der Waals surface area contributed by atoms with Crippen LogP contribution in [0.3, 0.4) is 0 Å². The zero-order chi connectivity index (χ0) is 8.98. The van der Waals surface area contributed by atoms with E-state index in [0.717, 1.165) is 12.8 Å². The molecule has 0 fully saturated rings. The molecule has 0 aromatic heterocycles. The molecule has 2 nitrogen and oxygen atoms in total. The van der Waals surface area contributed by atoms with E-state index in [-0.39, 0.29) is 0 Å². The van der Waals surface area contributed by atoms with Crippen molar-refractivity contribution in [3.8, 4) is 0 Å². The molecule has 0 amide bonds. The Kier molecular flexibility index (Phi) is 3.96. The van der Waals surface area contributed by atoms with Crippen LogP contribution >= 0.6 is 7.06 Å². The first-order valence-electron chi connectivity index (χ1n) is 4.47. The summed E-state index contributed by atoms with van der Waals surface area (Å²) in [4.78, 5) is 19.9. The normalized spacial score (nSPS) is 15.9. The molecule has 2 N–H and O–H groups in total. The maximum atomic E-state index is 9.97. The zero-order valence-electron chi connectivity index (χ0n) is 7.88. The molecule has 0 atom stereocenters. The Morgan fingerprint density at radius 1 is 0.909 bits per heavy atom. The third-order valence-corrected chi connectivity index (χ3v) is 6.63. The van der Waals surface area contributed by atoms with E-state index in [9.17, 15) is 9.79 Å². The summed E-state index contributed by atoms with van der Waals surface area (Å²) in [6.07, 6.45) is 3.51. The molecule has 0 unspecified atom stereocenters. The van der Waals surface area contributed by atoms with Crippen LogP contribution in [0.15, 0.2) is 0 Å². The molecular formula is C8H21O2P. The van der Waals surface area contributed by atoms with Gasteiger partial charge in [-0.05, 0) is 0 Å². The van der Waals surface area contributed by atoms with Gasteiger partial charge in [-0.2, -0.15) is 0 Å². The third-order valence-electron chi connectivity index (χ3n) is 2.21. The molecule has 0 aliphatic rings.